The summed E-state index contributed by atoms with van der Waals surface area (Å²) in [6.07, 6.45) is 1.66. The summed E-state index contributed by atoms with van der Waals surface area (Å²) >= 11 is 3.35. The zero-order chi connectivity index (χ0) is 14.3. The molecule has 5 nitrogen and oxygen atoms in total. The number of carboxylic acid groups (broad SMARTS) is 1. The highest BCUT2D eigenvalue weighted by molar-refractivity contribution is 9.10. The number of pyridine rings is 1. The molecule has 0 atom stereocenters. The van der Waals surface area contributed by atoms with Gasteiger partial charge in [-0.25, -0.2) is 9.78 Å². The molecule has 3 rings (SSSR count). The maximum absolute atomic E-state index is 11.5. The van der Waals surface area contributed by atoms with Crippen LogP contribution in [0.15, 0.2) is 41.0 Å². The molecule has 1 N–H and O–H groups in total. The average molecular weight is 332 g/mol. The van der Waals surface area contributed by atoms with E-state index in [1.54, 1.807) is 42.2 Å². The fourth-order valence-electron chi connectivity index (χ4n) is 2.13. The lowest BCUT2D eigenvalue weighted by Gasteiger charge is -2.07. The second-order valence-electron chi connectivity index (χ2n) is 4.36. The van der Waals surface area contributed by atoms with Gasteiger partial charge >= 0.3 is 5.97 Å². The number of hydrogen-bond acceptors (Lipinski definition) is 3. The zero-order valence-electron chi connectivity index (χ0n) is 10.5. The van der Waals surface area contributed by atoms with E-state index in [4.69, 9.17) is 0 Å². The number of rotatable bonds is 2. The van der Waals surface area contributed by atoms with E-state index in [-0.39, 0.29) is 5.56 Å². The second-order valence-corrected chi connectivity index (χ2v) is 5.28. The highest BCUT2D eigenvalue weighted by atomic mass is 79.9. The van der Waals surface area contributed by atoms with E-state index in [9.17, 15) is 9.90 Å². The standard InChI is InChI=1S/C14H10BrN3O2/c1-18-13(4-5-16-18)12-7-10(14(19)20)9-6-8(15)2-3-11(9)17-12/h2-7H,1H3,(H,19,20). The van der Waals surface area contributed by atoms with Gasteiger partial charge in [0.05, 0.1) is 22.5 Å². The topological polar surface area (TPSA) is 68.0 Å². The number of aromatic carboxylic acids is 1. The van der Waals surface area contributed by atoms with Crippen LogP contribution in [0.2, 0.25) is 0 Å². The van der Waals surface area contributed by atoms with Gasteiger partial charge in [0.25, 0.3) is 0 Å². The number of hydrogen-bond donors (Lipinski definition) is 1. The van der Waals surface area contributed by atoms with Gasteiger partial charge in [0.1, 0.15) is 0 Å². The Labute approximate surface area is 123 Å². The molecular formula is C14H10BrN3O2. The van der Waals surface area contributed by atoms with E-state index in [2.05, 4.69) is 26.0 Å². The lowest BCUT2D eigenvalue weighted by molar-refractivity contribution is 0.0699. The van der Waals surface area contributed by atoms with Crippen LogP contribution in [0.3, 0.4) is 0 Å². The summed E-state index contributed by atoms with van der Waals surface area (Å²) in [5.41, 5.74) is 2.24. The molecule has 0 saturated carbocycles. The van der Waals surface area contributed by atoms with Crippen LogP contribution in [0.1, 0.15) is 10.4 Å². The maximum atomic E-state index is 11.5. The Hall–Kier alpha value is -2.21. The number of aryl methyl sites for hydroxylation is 1. The van der Waals surface area contributed by atoms with Crippen molar-refractivity contribution >= 4 is 32.8 Å². The molecule has 1 aromatic carbocycles. The number of halogens is 1. The van der Waals surface area contributed by atoms with Crippen LogP contribution in [0.25, 0.3) is 22.3 Å². The summed E-state index contributed by atoms with van der Waals surface area (Å²) in [5.74, 6) is -0.973. The third kappa shape index (κ3) is 2.08. The van der Waals surface area contributed by atoms with Crippen molar-refractivity contribution in [3.05, 3.63) is 46.6 Å². The smallest absolute Gasteiger partial charge is 0.336 e. The monoisotopic (exact) mass is 331 g/mol. The van der Waals surface area contributed by atoms with Crippen molar-refractivity contribution in [3.63, 3.8) is 0 Å². The number of nitrogens with zero attached hydrogens (tertiary/aromatic N) is 3. The molecule has 0 unspecified atom stereocenters. The Morgan fingerprint density at radius 3 is 2.75 bits per heavy atom. The predicted octanol–water partition coefficient (Wildman–Crippen LogP) is 3.10. The van der Waals surface area contributed by atoms with Gasteiger partial charge in [-0.05, 0) is 30.3 Å². The largest absolute Gasteiger partial charge is 0.478 e. The molecule has 2 heterocycles. The number of benzene rings is 1. The minimum absolute atomic E-state index is 0.229. The minimum atomic E-state index is -0.973. The Morgan fingerprint density at radius 2 is 2.10 bits per heavy atom. The Morgan fingerprint density at radius 1 is 1.30 bits per heavy atom. The molecule has 0 aliphatic carbocycles. The fraction of sp³-hybridized carbons (Fsp3) is 0.0714. The van der Waals surface area contributed by atoms with E-state index in [1.807, 2.05) is 6.07 Å². The van der Waals surface area contributed by atoms with Crippen molar-refractivity contribution in [2.24, 2.45) is 7.05 Å². The average Bonchev–Trinajstić information content (AvgIpc) is 2.83. The predicted molar refractivity (Wildman–Crippen MR) is 78.6 cm³/mol. The Kier molecular flexibility index (Phi) is 3.02. The molecule has 0 radical (unpaired) electrons. The fourth-order valence-corrected chi connectivity index (χ4v) is 2.49. The normalized spacial score (nSPS) is 10.9. The van der Waals surface area contributed by atoms with E-state index >= 15 is 0 Å². The van der Waals surface area contributed by atoms with Crippen LogP contribution in [-0.2, 0) is 7.05 Å². The number of aromatic nitrogens is 3. The molecule has 100 valence electrons. The van der Waals surface area contributed by atoms with Crippen LogP contribution in [0.5, 0.6) is 0 Å². The van der Waals surface area contributed by atoms with Crippen LogP contribution in [0, 0.1) is 0 Å². The van der Waals surface area contributed by atoms with Crippen molar-refractivity contribution in [2.75, 3.05) is 0 Å². The van der Waals surface area contributed by atoms with Gasteiger partial charge in [-0.2, -0.15) is 5.10 Å². The minimum Gasteiger partial charge on any atom is -0.478 e. The SMILES string of the molecule is Cn1nccc1-c1cc(C(=O)O)c2cc(Br)ccc2n1. The zero-order valence-corrected chi connectivity index (χ0v) is 12.1. The van der Waals surface area contributed by atoms with Gasteiger partial charge in [-0.3, -0.25) is 4.68 Å². The number of fused-ring (bicyclic) bond motifs is 1. The van der Waals surface area contributed by atoms with Gasteiger partial charge in [-0.15, -0.1) is 0 Å². The molecular weight excluding hydrogens is 322 g/mol. The van der Waals surface area contributed by atoms with Gasteiger partial charge in [0.15, 0.2) is 0 Å². The summed E-state index contributed by atoms with van der Waals surface area (Å²) in [6.45, 7) is 0. The highest BCUT2D eigenvalue weighted by Crippen LogP contribution is 2.26. The Balaban J connectivity index is 2.34. The number of carboxylic acids is 1. The molecule has 2 aromatic heterocycles. The Bertz CT molecular complexity index is 826. The van der Waals surface area contributed by atoms with Crippen molar-refractivity contribution < 1.29 is 9.90 Å². The second kappa shape index (κ2) is 4.72. The first-order valence-electron chi connectivity index (χ1n) is 5.88. The molecule has 0 spiro atoms. The first-order chi connectivity index (χ1) is 9.56. The summed E-state index contributed by atoms with van der Waals surface area (Å²) in [5, 5.41) is 14.1. The van der Waals surface area contributed by atoms with Crippen LogP contribution in [0.4, 0.5) is 0 Å². The first kappa shape index (κ1) is 12.8. The molecule has 6 heteroatoms. The maximum Gasteiger partial charge on any atom is 0.336 e. The summed E-state index contributed by atoms with van der Waals surface area (Å²) in [6, 6.07) is 8.78. The lowest BCUT2D eigenvalue weighted by atomic mass is 10.1. The van der Waals surface area contributed by atoms with E-state index in [0.717, 1.165) is 10.2 Å². The van der Waals surface area contributed by atoms with Crippen molar-refractivity contribution in [2.45, 2.75) is 0 Å². The third-order valence-electron chi connectivity index (χ3n) is 3.08. The van der Waals surface area contributed by atoms with Gasteiger partial charge in [0, 0.05) is 23.1 Å². The van der Waals surface area contributed by atoms with Crippen molar-refractivity contribution in [1.82, 2.24) is 14.8 Å². The highest BCUT2D eigenvalue weighted by Gasteiger charge is 2.14. The van der Waals surface area contributed by atoms with E-state index in [1.165, 1.54) is 0 Å². The summed E-state index contributed by atoms with van der Waals surface area (Å²) < 4.78 is 2.49. The van der Waals surface area contributed by atoms with Crippen LogP contribution >= 0.6 is 15.9 Å². The van der Waals surface area contributed by atoms with Crippen molar-refractivity contribution in [3.8, 4) is 11.4 Å². The quantitative estimate of drug-likeness (QED) is 0.783. The van der Waals surface area contributed by atoms with E-state index < -0.39 is 5.97 Å². The third-order valence-corrected chi connectivity index (χ3v) is 3.58. The van der Waals surface area contributed by atoms with Gasteiger partial charge < -0.3 is 5.11 Å². The van der Waals surface area contributed by atoms with E-state index in [0.29, 0.717) is 16.6 Å². The molecule has 0 amide bonds. The molecule has 0 aliphatic rings. The van der Waals surface area contributed by atoms with Crippen LogP contribution in [-0.4, -0.2) is 25.8 Å². The molecule has 0 saturated heterocycles. The number of carbonyl (C=O) groups is 1. The van der Waals surface area contributed by atoms with Gasteiger partial charge in [-0.1, -0.05) is 15.9 Å². The summed E-state index contributed by atoms with van der Waals surface area (Å²) in [4.78, 5) is 16.0. The summed E-state index contributed by atoms with van der Waals surface area (Å²) in [7, 11) is 1.79. The van der Waals surface area contributed by atoms with Gasteiger partial charge in [0.2, 0.25) is 0 Å². The molecule has 3 aromatic rings. The molecule has 0 fully saturated rings. The van der Waals surface area contributed by atoms with Crippen LogP contribution < -0.4 is 0 Å². The molecule has 0 aliphatic heterocycles. The first-order valence-corrected chi connectivity index (χ1v) is 6.67. The van der Waals surface area contributed by atoms with Crippen molar-refractivity contribution in [1.29, 1.82) is 0 Å². The molecule has 20 heavy (non-hydrogen) atoms. The molecule has 0 bridgehead atoms. The lowest BCUT2D eigenvalue weighted by Crippen LogP contribution is -2.02.